The van der Waals surface area contributed by atoms with Crippen molar-refractivity contribution in [2.45, 2.75) is 56.1 Å². The van der Waals surface area contributed by atoms with Gasteiger partial charge in [-0.15, -0.1) is 11.3 Å². The fraction of sp³-hybridized carbons (Fsp3) is 0.385. The van der Waals surface area contributed by atoms with Crippen LogP contribution in [-0.2, 0) is 21.2 Å². The van der Waals surface area contributed by atoms with Crippen LogP contribution in [0.5, 0.6) is 11.5 Å². The van der Waals surface area contributed by atoms with Gasteiger partial charge in [0.25, 0.3) is 0 Å². The number of hydrogen-bond acceptors (Lipinski definition) is 8. The van der Waals surface area contributed by atoms with Gasteiger partial charge in [-0.3, -0.25) is 0 Å². The van der Waals surface area contributed by atoms with Gasteiger partial charge in [-0.25, -0.2) is 17.9 Å². The molecule has 0 radical (unpaired) electrons. The van der Waals surface area contributed by atoms with Gasteiger partial charge in [0.05, 0.1) is 6.61 Å². The molecule has 3 aromatic rings. The van der Waals surface area contributed by atoms with Gasteiger partial charge in [0.2, 0.25) is 10.0 Å². The summed E-state index contributed by atoms with van der Waals surface area (Å²) < 4.78 is 70.1. The van der Waals surface area contributed by atoms with Gasteiger partial charge < -0.3 is 19.4 Å². The summed E-state index contributed by atoms with van der Waals surface area (Å²) in [6, 6.07) is 6.38. The Morgan fingerprint density at radius 2 is 1.83 bits per heavy atom. The van der Waals surface area contributed by atoms with E-state index >= 15 is 0 Å². The number of pyridine rings is 1. The van der Waals surface area contributed by atoms with E-state index in [0.717, 1.165) is 36.6 Å². The monoisotopic (exact) mass is 650 g/mol. The predicted molar refractivity (Wildman–Crippen MR) is 148 cm³/mol. The number of carbonyl (C=O) groups excluding carboxylic acids is 1. The van der Waals surface area contributed by atoms with E-state index in [-0.39, 0.29) is 43.1 Å². The molecule has 15 heteroatoms. The molecule has 0 bridgehead atoms. The van der Waals surface area contributed by atoms with E-state index in [2.05, 4.69) is 9.46 Å². The van der Waals surface area contributed by atoms with Gasteiger partial charge in [0, 0.05) is 18.0 Å². The summed E-state index contributed by atoms with van der Waals surface area (Å²) in [7, 11) is -3.84. The maximum absolute atomic E-state index is 13.2. The van der Waals surface area contributed by atoms with Crippen LogP contribution >= 0.6 is 34.5 Å². The second-order valence-electron chi connectivity index (χ2n) is 9.62. The van der Waals surface area contributed by atoms with Crippen molar-refractivity contribution in [1.29, 1.82) is 0 Å². The Kier molecular flexibility index (Phi) is 9.96. The van der Waals surface area contributed by atoms with Crippen LogP contribution in [0.1, 0.15) is 53.6 Å². The Morgan fingerprint density at radius 3 is 2.44 bits per heavy atom. The van der Waals surface area contributed by atoms with Crippen LogP contribution in [0.25, 0.3) is 0 Å². The van der Waals surface area contributed by atoms with Crippen LogP contribution in [0.3, 0.4) is 0 Å². The number of halogens is 4. The number of hydrogen-bond donors (Lipinski definition) is 1. The molecule has 0 unspecified atom stereocenters. The van der Waals surface area contributed by atoms with Crippen molar-refractivity contribution in [3.63, 3.8) is 0 Å². The lowest BCUT2D eigenvalue weighted by atomic mass is 10.0. The lowest BCUT2D eigenvalue weighted by Crippen LogP contribution is -2.29. The molecule has 0 amide bonds. The number of aromatic nitrogens is 1. The standard InChI is InChI=1S/C26H26Cl2F2N2O7S2/c1-14(2)31-41(35,36)24-8-7-23(40-24)25(33)38-21(10-17-18(27)11-32(34)12-19(17)28)16-5-6-20(39-26(29)30)22(9-16)37-13-15-3-4-15/h5-9,11-12,14-15,21,26,31H,3-4,10,13H2,1-2H3/t21-/m0/s1. The SMILES string of the molecule is CC(C)NS(=O)(=O)c1ccc(C(=O)O[C@@H](Cc2c(Cl)c[n+]([O-])cc2Cl)c2ccc(OC(F)F)c(OCC3CC3)c2)s1. The van der Waals surface area contributed by atoms with E-state index in [9.17, 15) is 27.2 Å². The summed E-state index contributed by atoms with van der Waals surface area (Å²) in [6.07, 6.45) is 2.89. The molecular weight excluding hydrogens is 625 g/mol. The van der Waals surface area contributed by atoms with Gasteiger partial charge in [0.15, 0.2) is 23.9 Å². The van der Waals surface area contributed by atoms with E-state index in [0.29, 0.717) is 28.4 Å². The maximum Gasteiger partial charge on any atom is 0.387 e. The smallest absolute Gasteiger partial charge is 0.387 e. The number of alkyl halides is 2. The molecule has 1 fully saturated rings. The highest BCUT2D eigenvalue weighted by Gasteiger charge is 2.28. The number of carbonyl (C=O) groups is 1. The molecule has 2 aromatic heterocycles. The zero-order chi connectivity index (χ0) is 29.9. The van der Waals surface area contributed by atoms with Crippen molar-refractivity contribution in [1.82, 2.24) is 4.72 Å². The molecule has 9 nitrogen and oxygen atoms in total. The molecule has 2 heterocycles. The van der Waals surface area contributed by atoms with Crippen LogP contribution in [0.4, 0.5) is 8.78 Å². The fourth-order valence-corrected chi connectivity index (χ4v) is 6.85. The van der Waals surface area contributed by atoms with Crippen molar-refractivity contribution >= 4 is 50.5 Å². The minimum absolute atomic E-state index is 0.00430. The minimum Gasteiger partial charge on any atom is -0.619 e. The van der Waals surface area contributed by atoms with Gasteiger partial charge in [0.1, 0.15) is 25.2 Å². The average molecular weight is 652 g/mol. The lowest BCUT2D eigenvalue weighted by molar-refractivity contribution is -0.605. The quantitative estimate of drug-likeness (QED) is 0.139. The van der Waals surface area contributed by atoms with Crippen molar-refractivity contribution in [2.24, 2.45) is 5.92 Å². The van der Waals surface area contributed by atoms with Gasteiger partial charge in [-0.1, -0.05) is 29.3 Å². The summed E-state index contributed by atoms with van der Waals surface area (Å²) >= 11 is 13.3. The van der Waals surface area contributed by atoms with E-state index < -0.39 is 28.7 Å². The zero-order valence-corrected chi connectivity index (χ0v) is 25.0. The Morgan fingerprint density at radius 1 is 1.15 bits per heavy atom. The Labute approximate surface area is 249 Å². The summed E-state index contributed by atoms with van der Waals surface area (Å²) in [5, 5.41) is 11.8. The first-order chi connectivity index (χ1) is 19.3. The van der Waals surface area contributed by atoms with Crippen LogP contribution < -0.4 is 18.9 Å². The van der Waals surface area contributed by atoms with Crippen molar-refractivity contribution in [2.75, 3.05) is 6.61 Å². The molecule has 4 rings (SSSR count). The van der Waals surface area contributed by atoms with E-state index in [1.165, 1.54) is 30.3 Å². The number of nitrogens with zero attached hydrogens (tertiary/aromatic N) is 1. The Bertz CT molecular complexity index is 1490. The largest absolute Gasteiger partial charge is 0.619 e. The molecule has 1 aliphatic carbocycles. The average Bonchev–Trinajstić information content (AvgIpc) is 3.55. The molecular formula is C26H26Cl2F2N2O7S2. The first kappa shape index (κ1) is 31.2. The van der Waals surface area contributed by atoms with E-state index in [1.54, 1.807) is 13.8 Å². The summed E-state index contributed by atoms with van der Waals surface area (Å²) in [4.78, 5) is 13.2. The third-order valence-electron chi connectivity index (χ3n) is 5.86. The van der Waals surface area contributed by atoms with Gasteiger partial charge >= 0.3 is 12.6 Å². The number of nitrogens with one attached hydrogen (secondary N) is 1. The third kappa shape index (κ3) is 8.41. The van der Waals surface area contributed by atoms with Crippen LogP contribution in [0, 0.1) is 11.1 Å². The highest BCUT2D eigenvalue weighted by atomic mass is 35.5. The van der Waals surface area contributed by atoms with Crippen molar-refractivity contribution in [3.8, 4) is 11.5 Å². The third-order valence-corrected chi connectivity index (χ3v) is 9.73. The van der Waals surface area contributed by atoms with E-state index in [1.807, 2.05) is 0 Å². The Balaban J connectivity index is 1.68. The maximum atomic E-state index is 13.2. The zero-order valence-electron chi connectivity index (χ0n) is 21.8. The number of sulfonamides is 1. The molecule has 41 heavy (non-hydrogen) atoms. The second kappa shape index (κ2) is 13.1. The van der Waals surface area contributed by atoms with Crippen LogP contribution in [-0.4, -0.2) is 33.6 Å². The molecule has 0 aliphatic heterocycles. The van der Waals surface area contributed by atoms with Gasteiger partial charge in [-0.2, -0.15) is 13.5 Å². The first-order valence-corrected chi connectivity index (χ1v) is 15.5. The predicted octanol–water partition coefficient (Wildman–Crippen LogP) is 5.91. The fourth-order valence-electron chi connectivity index (χ4n) is 3.79. The van der Waals surface area contributed by atoms with Crippen molar-refractivity contribution in [3.05, 3.63) is 74.0 Å². The van der Waals surface area contributed by atoms with Crippen molar-refractivity contribution < 1.29 is 40.9 Å². The number of thiophene rings is 1. The molecule has 222 valence electrons. The molecule has 0 saturated heterocycles. The minimum atomic E-state index is -3.84. The molecule has 1 aromatic carbocycles. The molecule has 1 atom stereocenters. The number of ether oxygens (including phenoxy) is 3. The number of esters is 1. The molecule has 0 spiro atoms. The molecule has 1 aliphatic rings. The van der Waals surface area contributed by atoms with Gasteiger partial charge in [-0.05, 0) is 62.4 Å². The first-order valence-electron chi connectivity index (χ1n) is 12.4. The molecule has 1 N–H and O–H groups in total. The summed E-state index contributed by atoms with van der Waals surface area (Å²) in [5.74, 6) is -0.700. The van der Waals surface area contributed by atoms with Crippen LogP contribution in [0.2, 0.25) is 10.0 Å². The topological polar surface area (TPSA) is 118 Å². The van der Waals surface area contributed by atoms with E-state index in [4.69, 9.17) is 32.7 Å². The van der Waals surface area contributed by atoms with Crippen LogP contribution in [0.15, 0.2) is 46.9 Å². The lowest BCUT2D eigenvalue weighted by Gasteiger charge is -2.21. The number of rotatable bonds is 13. The Hall–Kier alpha value is -2.71. The highest BCUT2D eigenvalue weighted by Crippen LogP contribution is 2.38. The molecule has 1 saturated carbocycles. The summed E-state index contributed by atoms with van der Waals surface area (Å²) in [5.41, 5.74) is 0.629. The number of benzene rings is 1. The summed E-state index contributed by atoms with van der Waals surface area (Å²) in [6.45, 7) is 0.538. The highest BCUT2D eigenvalue weighted by molar-refractivity contribution is 7.91. The normalized spacial score (nSPS) is 14.3. The second-order valence-corrected chi connectivity index (χ2v) is 13.5.